The molecule has 0 amide bonds. The third-order valence-electron chi connectivity index (χ3n) is 5.07. The lowest BCUT2D eigenvalue weighted by Crippen LogP contribution is -2.00. The minimum atomic E-state index is 0.712. The maximum atomic E-state index is 6.35. The Hall–Kier alpha value is -2.30. The molecule has 0 aliphatic heterocycles. The number of hydrogen-bond acceptors (Lipinski definition) is 2. The van der Waals surface area contributed by atoms with Crippen LogP contribution < -0.4 is 5.73 Å². The molecular formula is C21H23ClN4. The number of hydrogen-bond donors (Lipinski definition) is 2. The second-order valence-electron chi connectivity index (χ2n) is 6.85. The van der Waals surface area contributed by atoms with Crippen LogP contribution in [0.15, 0.2) is 36.4 Å². The van der Waals surface area contributed by atoms with Gasteiger partial charge in [0.25, 0.3) is 0 Å². The van der Waals surface area contributed by atoms with Crippen LogP contribution in [0.2, 0.25) is 5.02 Å². The summed E-state index contributed by atoms with van der Waals surface area (Å²) in [4.78, 5) is 8.52. The summed E-state index contributed by atoms with van der Waals surface area (Å²) in [5.74, 6) is 0.959. The van der Waals surface area contributed by atoms with E-state index in [-0.39, 0.29) is 0 Å². The van der Waals surface area contributed by atoms with Gasteiger partial charge in [-0.1, -0.05) is 23.7 Å². The van der Waals surface area contributed by atoms with Crippen molar-refractivity contribution in [3.8, 4) is 11.5 Å². The molecule has 0 fully saturated rings. The zero-order valence-electron chi connectivity index (χ0n) is 15.1. The molecular weight excluding hydrogens is 344 g/mol. The Labute approximate surface area is 158 Å². The van der Waals surface area contributed by atoms with E-state index in [1.807, 2.05) is 18.2 Å². The predicted molar refractivity (Wildman–Crippen MR) is 110 cm³/mol. The number of unbranched alkanes of at least 4 members (excludes halogenated alkanes) is 1. The first kappa shape index (κ1) is 17.1. The molecule has 0 saturated heterocycles. The molecule has 2 aromatic carbocycles. The quantitative estimate of drug-likeness (QED) is 0.490. The highest BCUT2D eigenvalue weighted by molar-refractivity contribution is 6.31. The molecule has 0 radical (unpaired) electrons. The predicted octanol–water partition coefficient (Wildman–Crippen LogP) is 4.96. The molecule has 134 valence electrons. The zero-order chi connectivity index (χ0) is 18.3. The number of nitrogens with zero attached hydrogens (tertiary/aromatic N) is 2. The van der Waals surface area contributed by atoms with Gasteiger partial charge < -0.3 is 15.3 Å². The molecule has 2 aromatic heterocycles. The van der Waals surface area contributed by atoms with Crippen LogP contribution in [0.1, 0.15) is 24.0 Å². The minimum Gasteiger partial charge on any atom is -0.352 e. The number of aryl methyl sites for hydroxylation is 3. The Balaban J connectivity index is 1.96. The first-order chi connectivity index (χ1) is 12.6. The van der Waals surface area contributed by atoms with Gasteiger partial charge in [0.05, 0.1) is 16.7 Å². The van der Waals surface area contributed by atoms with Crippen molar-refractivity contribution in [2.75, 3.05) is 6.54 Å². The topological polar surface area (TPSA) is 59.6 Å². The van der Waals surface area contributed by atoms with Gasteiger partial charge in [-0.25, -0.2) is 4.98 Å². The Morgan fingerprint density at radius 2 is 2.00 bits per heavy atom. The van der Waals surface area contributed by atoms with Crippen LogP contribution in [-0.2, 0) is 13.5 Å². The van der Waals surface area contributed by atoms with Crippen molar-refractivity contribution in [2.24, 2.45) is 12.8 Å². The normalized spacial score (nSPS) is 11.7. The lowest BCUT2D eigenvalue weighted by Gasteiger charge is -2.06. The second kappa shape index (κ2) is 6.78. The fourth-order valence-corrected chi connectivity index (χ4v) is 4.02. The standard InChI is InChI=1S/C21H23ClN4/c1-13-11-14(22)12-16-15(7-5-6-10-23)20(25-19(13)16)21-24-17-8-3-4-9-18(17)26(21)2/h3-4,8-9,11-12,25H,5-7,10,23H2,1-2H3. The van der Waals surface area contributed by atoms with Crippen molar-refractivity contribution in [2.45, 2.75) is 26.2 Å². The van der Waals surface area contributed by atoms with Gasteiger partial charge >= 0.3 is 0 Å². The minimum absolute atomic E-state index is 0.712. The van der Waals surface area contributed by atoms with E-state index in [9.17, 15) is 0 Å². The molecule has 0 spiro atoms. The summed E-state index contributed by atoms with van der Waals surface area (Å²) in [6.45, 7) is 2.80. The average molecular weight is 367 g/mol. The summed E-state index contributed by atoms with van der Waals surface area (Å²) in [5, 5.41) is 1.96. The zero-order valence-corrected chi connectivity index (χ0v) is 15.9. The molecule has 0 aliphatic rings. The van der Waals surface area contributed by atoms with Crippen LogP contribution in [0, 0.1) is 6.92 Å². The number of benzene rings is 2. The molecule has 0 aliphatic carbocycles. The number of H-pyrrole nitrogens is 1. The van der Waals surface area contributed by atoms with Crippen molar-refractivity contribution in [3.63, 3.8) is 0 Å². The van der Waals surface area contributed by atoms with E-state index in [1.165, 1.54) is 10.9 Å². The van der Waals surface area contributed by atoms with Gasteiger partial charge in [-0.05, 0) is 68.1 Å². The summed E-state index contributed by atoms with van der Waals surface area (Å²) in [6, 6.07) is 12.3. The van der Waals surface area contributed by atoms with Crippen LogP contribution in [0.3, 0.4) is 0 Å². The second-order valence-corrected chi connectivity index (χ2v) is 7.29. The number of para-hydroxylation sites is 2. The van der Waals surface area contributed by atoms with Gasteiger partial charge in [0.15, 0.2) is 5.82 Å². The number of nitrogens with two attached hydrogens (primary N) is 1. The van der Waals surface area contributed by atoms with Gasteiger partial charge in [0, 0.05) is 23.0 Å². The molecule has 2 heterocycles. The Morgan fingerprint density at radius 3 is 2.77 bits per heavy atom. The molecule has 0 bridgehead atoms. The SMILES string of the molecule is Cc1cc(Cl)cc2c(CCCCN)c(-c3nc4ccccc4n3C)[nH]c12. The van der Waals surface area contributed by atoms with E-state index in [4.69, 9.17) is 22.3 Å². The molecule has 3 N–H and O–H groups in total. The maximum absolute atomic E-state index is 6.35. The van der Waals surface area contributed by atoms with E-state index < -0.39 is 0 Å². The van der Waals surface area contributed by atoms with Gasteiger partial charge in [-0.2, -0.15) is 0 Å². The number of halogens is 1. The number of fused-ring (bicyclic) bond motifs is 2. The van der Waals surface area contributed by atoms with Crippen molar-refractivity contribution >= 4 is 33.5 Å². The van der Waals surface area contributed by atoms with E-state index in [2.05, 4.69) is 41.7 Å². The summed E-state index contributed by atoms with van der Waals surface area (Å²) in [5.41, 5.74) is 12.5. The molecule has 26 heavy (non-hydrogen) atoms. The molecule has 4 aromatic rings. The summed E-state index contributed by atoms with van der Waals surface area (Å²) in [7, 11) is 2.07. The highest BCUT2D eigenvalue weighted by Crippen LogP contribution is 2.35. The van der Waals surface area contributed by atoms with Crippen LogP contribution in [0.4, 0.5) is 0 Å². The third kappa shape index (κ3) is 2.79. The highest BCUT2D eigenvalue weighted by Gasteiger charge is 2.19. The van der Waals surface area contributed by atoms with E-state index in [1.54, 1.807) is 0 Å². The lowest BCUT2D eigenvalue weighted by atomic mass is 10.0. The van der Waals surface area contributed by atoms with Crippen molar-refractivity contribution < 1.29 is 0 Å². The maximum Gasteiger partial charge on any atom is 0.157 e. The fourth-order valence-electron chi connectivity index (χ4n) is 3.75. The Bertz CT molecular complexity index is 1090. The van der Waals surface area contributed by atoms with Gasteiger partial charge in [-0.15, -0.1) is 0 Å². The molecule has 4 nitrogen and oxygen atoms in total. The molecule has 0 saturated carbocycles. The van der Waals surface area contributed by atoms with Crippen LogP contribution in [-0.4, -0.2) is 21.1 Å². The fraction of sp³-hybridized carbons (Fsp3) is 0.286. The first-order valence-electron chi connectivity index (χ1n) is 9.02. The van der Waals surface area contributed by atoms with Gasteiger partial charge in [0.1, 0.15) is 0 Å². The molecule has 4 rings (SSSR count). The largest absolute Gasteiger partial charge is 0.352 e. The number of aromatic amines is 1. The van der Waals surface area contributed by atoms with Crippen LogP contribution >= 0.6 is 11.6 Å². The lowest BCUT2D eigenvalue weighted by molar-refractivity contribution is 0.747. The highest BCUT2D eigenvalue weighted by atomic mass is 35.5. The van der Waals surface area contributed by atoms with E-state index in [0.29, 0.717) is 6.54 Å². The molecule has 5 heteroatoms. The van der Waals surface area contributed by atoms with Crippen molar-refractivity contribution in [3.05, 3.63) is 52.5 Å². The van der Waals surface area contributed by atoms with E-state index >= 15 is 0 Å². The first-order valence-corrected chi connectivity index (χ1v) is 9.40. The monoisotopic (exact) mass is 366 g/mol. The summed E-state index contributed by atoms with van der Waals surface area (Å²) < 4.78 is 2.16. The number of aromatic nitrogens is 3. The van der Waals surface area contributed by atoms with Crippen molar-refractivity contribution in [1.82, 2.24) is 14.5 Å². The third-order valence-corrected chi connectivity index (χ3v) is 5.29. The van der Waals surface area contributed by atoms with Crippen LogP contribution in [0.25, 0.3) is 33.5 Å². The number of nitrogens with one attached hydrogen (secondary N) is 1. The number of rotatable bonds is 5. The van der Waals surface area contributed by atoms with Gasteiger partial charge in [0.2, 0.25) is 0 Å². The summed E-state index contributed by atoms with van der Waals surface area (Å²) in [6.07, 6.45) is 3.01. The average Bonchev–Trinajstić information content (AvgIpc) is 3.14. The summed E-state index contributed by atoms with van der Waals surface area (Å²) >= 11 is 6.35. The van der Waals surface area contributed by atoms with Crippen LogP contribution in [0.5, 0.6) is 0 Å². The Morgan fingerprint density at radius 1 is 1.19 bits per heavy atom. The Kier molecular flexibility index (Phi) is 4.47. The van der Waals surface area contributed by atoms with Crippen molar-refractivity contribution in [1.29, 1.82) is 0 Å². The molecule has 0 atom stereocenters. The van der Waals surface area contributed by atoms with E-state index in [0.717, 1.165) is 57.9 Å². The smallest absolute Gasteiger partial charge is 0.157 e. The van der Waals surface area contributed by atoms with Gasteiger partial charge in [-0.3, -0.25) is 0 Å². The number of imidazole rings is 1. The molecule has 0 unspecified atom stereocenters.